The molecule has 0 unspecified atom stereocenters. The lowest BCUT2D eigenvalue weighted by Gasteiger charge is -2.14. The molecular weight excluding hydrogens is 344 g/mol. The van der Waals surface area contributed by atoms with Crippen LogP contribution in [0.25, 0.3) is 11.1 Å². The van der Waals surface area contributed by atoms with E-state index in [1.54, 1.807) is 12.3 Å². The largest absolute Gasteiger partial charge is 0.370 e. The van der Waals surface area contributed by atoms with Crippen molar-refractivity contribution in [1.82, 2.24) is 9.97 Å². The highest BCUT2D eigenvalue weighted by Gasteiger charge is 2.21. The molecule has 1 amide bonds. The number of pyridine rings is 2. The number of nitrogens with two attached hydrogens (primary N) is 1. The molecular formula is C13H12BrClN4O. The first kappa shape index (κ1) is 14.7. The maximum atomic E-state index is 11.7. The number of nitrogens with one attached hydrogen (secondary N) is 1. The summed E-state index contributed by atoms with van der Waals surface area (Å²) in [7, 11) is 0. The molecule has 3 N–H and O–H groups in total. The summed E-state index contributed by atoms with van der Waals surface area (Å²) in [6.07, 6.45) is 3.20. The van der Waals surface area contributed by atoms with E-state index >= 15 is 0 Å². The van der Waals surface area contributed by atoms with E-state index < -0.39 is 5.91 Å². The van der Waals surface area contributed by atoms with E-state index in [0.29, 0.717) is 22.4 Å². The normalized spacial score (nSPS) is 10.3. The zero-order valence-electron chi connectivity index (χ0n) is 10.7. The van der Waals surface area contributed by atoms with Crippen molar-refractivity contribution < 1.29 is 4.79 Å². The van der Waals surface area contributed by atoms with Gasteiger partial charge < -0.3 is 11.1 Å². The number of carbonyl (C=O) groups excluding carboxylic acids is 1. The van der Waals surface area contributed by atoms with Crippen molar-refractivity contribution in [2.45, 2.75) is 6.92 Å². The van der Waals surface area contributed by atoms with E-state index in [0.717, 1.165) is 5.56 Å². The molecule has 2 aromatic heterocycles. The molecule has 5 nitrogen and oxygen atoms in total. The van der Waals surface area contributed by atoms with Gasteiger partial charge in [0.15, 0.2) is 0 Å². The van der Waals surface area contributed by atoms with Gasteiger partial charge in [0.05, 0.1) is 5.56 Å². The van der Waals surface area contributed by atoms with Crippen LogP contribution < -0.4 is 11.1 Å². The highest BCUT2D eigenvalue weighted by atomic mass is 79.9. The van der Waals surface area contributed by atoms with Gasteiger partial charge in [-0.25, -0.2) is 9.97 Å². The SMILES string of the molecule is CCNc1ncccc1-c1c(Br)cnc(Cl)c1C(N)=O. The number of halogens is 2. The topological polar surface area (TPSA) is 80.9 Å². The van der Waals surface area contributed by atoms with Crippen molar-refractivity contribution in [2.24, 2.45) is 5.73 Å². The van der Waals surface area contributed by atoms with Crippen molar-refractivity contribution in [3.63, 3.8) is 0 Å². The number of amides is 1. The molecule has 0 bridgehead atoms. The molecule has 0 atom stereocenters. The van der Waals surface area contributed by atoms with Gasteiger partial charge in [-0.15, -0.1) is 0 Å². The minimum absolute atomic E-state index is 0.0713. The zero-order chi connectivity index (χ0) is 14.7. The number of primary amides is 1. The predicted octanol–water partition coefficient (Wildman–Crippen LogP) is 3.09. The minimum atomic E-state index is -0.634. The van der Waals surface area contributed by atoms with Crippen molar-refractivity contribution >= 4 is 39.3 Å². The van der Waals surface area contributed by atoms with Gasteiger partial charge in [0.1, 0.15) is 11.0 Å². The summed E-state index contributed by atoms with van der Waals surface area (Å²) in [4.78, 5) is 19.9. The van der Waals surface area contributed by atoms with Crippen LogP contribution in [0.1, 0.15) is 17.3 Å². The Morgan fingerprint density at radius 1 is 1.50 bits per heavy atom. The van der Waals surface area contributed by atoms with E-state index in [1.165, 1.54) is 6.20 Å². The lowest BCUT2D eigenvalue weighted by atomic mass is 10.0. The van der Waals surface area contributed by atoms with Crippen LogP contribution in [-0.4, -0.2) is 22.4 Å². The van der Waals surface area contributed by atoms with Crippen molar-refractivity contribution in [3.05, 3.63) is 39.7 Å². The standard InChI is InChI=1S/C13H12BrClN4O/c1-2-17-13-7(4-3-5-18-13)9-8(14)6-19-11(15)10(9)12(16)20/h3-6H,2H2,1H3,(H2,16,20)(H,17,18). The average Bonchev–Trinajstić information content (AvgIpc) is 2.42. The summed E-state index contributed by atoms with van der Waals surface area (Å²) in [5, 5.41) is 3.21. The van der Waals surface area contributed by atoms with E-state index in [4.69, 9.17) is 17.3 Å². The third-order valence-electron chi connectivity index (χ3n) is 2.65. The molecule has 0 aliphatic carbocycles. The van der Waals surface area contributed by atoms with Crippen LogP contribution >= 0.6 is 27.5 Å². The second kappa shape index (κ2) is 6.19. The van der Waals surface area contributed by atoms with Crippen LogP contribution in [0.5, 0.6) is 0 Å². The molecule has 0 fully saturated rings. The summed E-state index contributed by atoms with van der Waals surface area (Å²) in [6.45, 7) is 2.66. The summed E-state index contributed by atoms with van der Waals surface area (Å²) in [5.41, 5.74) is 6.92. The first-order valence-electron chi connectivity index (χ1n) is 5.89. The Labute approximate surface area is 129 Å². The smallest absolute Gasteiger partial charge is 0.252 e. The third kappa shape index (κ3) is 2.76. The first-order valence-corrected chi connectivity index (χ1v) is 7.06. The van der Waals surface area contributed by atoms with Gasteiger partial charge in [0.2, 0.25) is 0 Å². The number of hydrogen-bond donors (Lipinski definition) is 2. The number of nitrogens with zero attached hydrogens (tertiary/aromatic N) is 2. The van der Waals surface area contributed by atoms with Crippen molar-refractivity contribution in [2.75, 3.05) is 11.9 Å². The van der Waals surface area contributed by atoms with E-state index in [1.807, 2.05) is 13.0 Å². The number of anilines is 1. The molecule has 2 heterocycles. The van der Waals surface area contributed by atoms with Gasteiger partial charge in [-0.1, -0.05) is 11.6 Å². The Balaban J connectivity index is 2.75. The van der Waals surface area contributed by atoms with Crippen molar-refractivity contribution in [3.8, 4) is 11.1 Å². The second-order valence-corrected chi connectivity index (χ2v) is 5.15. The lowest BCUT2D eigenvalue weighted by Crippen LogP contribution is -2.15. The fraction of sp³-hybridized carbons (Fsp3) is 0.154. The van der Waals surface area contributed by atoms with Gasteiger partial charge in [0, 0.05) is 34.5 Å². The zero-order valence-corrected chi connectivity index (χ0v) is 13.0. The molecule has 7 heteroatoms. The van der Waals surface area contributed by atoms with Crippen molar-refractivity contribution in [1.29, 1.82) is 0 Å². The fourth-order valence-electron chi connectivity index (χ4n) is 1.87. The average molecular weight is 356 g/mol. The van der Waals surface area contributed by atoms with Crippen LogP contribution in [0.3, 0.4) is 0 Å². The summed E-state index contributed by atoms with van der Waals surface area (Å²) in [5.74, 6) is 0.0190. The Morgan fingerprint density at radius 2 is 2.25 bits per heavy atom. The second-order valence-electron chi connectivity index (χ2n) is 3.94. The molecule has 0 saturated carbocycles. The summed E-state index contributed by atoms with van der Waals surface area (Å²) >= 11 is 9.39. The monoisotopic (exact) mass is 354 g/mol. The fourth-order valence-corrected chi connectivity index (χ4v) is 2.62. The molecule has 0 spiro atoms. The van der Waals surface area contributed by atoms with Gasteiger partial charge in [-0.3, -0.25) is 4.79 Å². The maximum absolute atomic E-state index is 11.7. The Kier molecular flexibility index (Phi) is 4.57. The van der Waals surface area contributed by atoms with Gasteiger partial charge in [0.25, 0.3) is 5.91 Å². The molecule has 20 heavy (non-hydrogen) atoms. The van der Waals surface area contributed by atoms with Crippen LogP contribution in [0.15, 0.2) is 29.0 Å². The highest BCUT2D eigenvalue weighted by Crippen LogP contribution is 2.37. The molecule has 0 aliphatic rings. The van der Waals surface area contributed by atoms with E-state index in [-0.39, 0.29) is 10.7 Å². The quantitative estimate of drug-likeness (QED) is 0.826. The van der Waals surface area contributed by atoms with Gasteiger partial charge in [-0.2, -0.15) is 0 Å². The third-order valence-corrected chi connectivity index (χ3v) is 3.54. The molecule has 0 radical (unpaired) electrons. The van der Waals surface area contributed by atoms with E-state index in [9.17, 15) is 4.79 Å². The number of hydrogen-bond acceptors (Lipinski definition) is 4. The molecule has 0 aromatic carbocycles. The summed E-state index contributed by atoms with van der Waals surface area (Å²) < 4.78 is 0.628. The van der Waals surface area contributed by atoms with E-state index in [2.05, 4.69) is 31.2 Å². The van der Waals surface area contributed by atoms with Crippen LogP contribution in [0.4, 0.5) is 5.82 Å². The van der Waals surface area contributed by atoms with Gasteiger partial charge >= 0.3 is 0 Å². The van der Waals surface area contributed by atoms with Crippen LogP contribution in [-0.2, 0) is 0 Å². The molecule has 2 aromatic rings. The highest BCUT2D eigenvalue weighted by molar-refractivity contribution is 9.10. The summed E-state index contributed by atoms with van der Waals surface area (Å²) in [6, 6.07) is 3.62. The Bertz CT molecular complexity index is 663. The molecule has 0 aliphatic heterocycles. The predicted molar refractivity (Wildman–Crippen MR) is 82.9 cm³/mol. The first-order chi connectivity index (χ1) is 9.56. The Morgan fingerprint density at radius 3 is 2.90 bits per heavy atom. The lowest BCUT2D eigenvalue weighted by molar-refractivity contribution is 0.100. The van der Waals surface area contributed by atoms with Gasteiger partial charge in [-0.05, 0) is 35.0 Å². The number of aromatic nitrogens is 2. The molecule has 0 saturated heterocycles. The number of rotatable bonds is 4. The minimum Gasteiger partial charge on any atom is -0.370 e. The Hall–Kier alpha value is -1.66. The van der Waals surface area contributed by atoms with Crippen LogP contribution in [0.2, 0.25) is 5.15 Å². The number of carbonyl (C=O) groups is 1. The maximum Gasteiger partial charge on any atom is 0.252 e. The van der Waals surface area contributed by atoms with Crippen LogP contribution in [0, 0.1) is 0 Å². The molecule has 2 rings (SSSR count). The molecule has 104 valence electrons.